The van der Waals surface area contributed by atoms with Gasteiger partial charge in [0.25, 0.3) is 5.91 Å². The molecule has 1 aliphatic heterocycles. The van der Waals surface area contributed by atoms with E-state index < -0.39 is 0 Å². The molecule has 0 bridgehead atoms. The van der Waals surface area contributed by atoms with E-state index in [1.165, 1.54) is 22.0 Å². The van der Waals surface area contributed by atoms with Crippen molar-refractivity contribution < 1.29 is 9.90 Å². The molecule has 1 aliphatic rings. The molecule has 2 aromatic heterocycles. The molecule has 4 N–H and O–H groups in total. The molecule has 0 spiro atoms. The van der Waals surface area contributed by atoms with Crippen LogP contribution in [-0.2, 0) is 19.6 Å². The van der Waals surface area contributed by atoms with Crippen molar-refractivity contribution in [1.29, 1.82) is 0 Å². The fourth-order valence-electron chi connectivity index (χ4n) is 5.79. The van der Waals surface area contributed by atoms with Gasteiger partial charge in [0.1, 0.15) is 5.75 Å². The van der Waals surface area contributed by atoms with Gasteiger partial charge in [-0.15, -0.1) is 0 Å². The first-order valence-corrected chi connectivity index (χ1v) is 13.2. The number of nitrogens with one attached hydrogen (secondary N) is 3. The maximum Gasteiger partial charge on any atom is 0.252 e. The molecule has 0 saturated carbocycles. The summed E-state index contributed by atoms with van der Waals surface area (Å²) in [6, 6.07) is 32.0. The Morgan fingerprint density at radius 3 is 2.59 bits per heavy atom. The van der Waals surface area contributed by atoms with Crippen molar-refractivity contribution in [3.8, 4) is 5.75 Å². The lowest BCUT2D eigenvalue weighted by Crippen LogP contribution is -2.22. The van der Waals surface area contributed by atoms with Crippen LogP contribution in [0.5, 0.6) is 5.75 Å². The number of fused-ring (bicyclic) bond motifs is 3. The molecule has 6 aromatic rings. The zero-order valence-corrected chi connectivity index (χ0v) is 21.3. The molecule has 7 rings (SSSR count). The third-order valence-electron chi connectivity index (χ3n) is 7.65. The van der Waals surface area contributed by atoms with E-state index in [2.05, 4.69) is 87.0 Å². The molecule has 0 radical (unpaired) electrons. The smallest absolute Gasteiger partial charge is 0.252 e. The van der Waals surface area contributed by atoms with Gasteiger partial charge in [0, 0.05) is 59.1 Å². The summed E-state index contributed by atoms with van der Waals surface area (Å²) in [5.74, 6) is 0.0353. The third-order valence-corrected chi connectivity index (χ3v) is 7.65. The van der Waals surface area contributed by atoms with Gasteiger partial charge in [0.2, 0.25) is 0 Å². The lowest BCUT2D eigenvalue weighted by Gasteiger charge is -2.15. The Hall–Kier alpha value is -4.81. The van der Waals surface area contributed by atoms with Gasteiger partial charge in [-0.05, 0) is 58.5 Å². The normalized spacial score (nSPS) is 14.7. The standard InChI is InChI=1S/C33H28N4O2/c38-24-12-13-25-27(17-24)32(36-33(25)39)31-26-8-4-5-9-28(26)35-29(31)19-34-18-22-10-11-23-14-15-37(30(23)16-22)20-21-6-2-1-3-7-21/h1-17,32,34-35,38H,18-20H2,(H,36,39). The highest BCUT2D eigenvalue weighted by Gasteiger charge is 2.33. The van der Waals surface area contributed by atoms with Gasteiger partial charge in [0.05, 0.1) is 6.04 Å². The van der Waals surface area contributed by atoms with E-state index in [0.717, 1.165) is 34.3 Å². The van der Waals surface area contributed by atoms with Crippen LogP contribution in [0.1, 0.15) is 44.3 Å². The van der Waals surface area contributed by atoms with Crippen LogP contribution in [0.15, 0.2) is 103 Å². The summed E-state index contributed by atoms with van der Waals surface area (Å²) in [6.07, 6.45) is 2.15. The summed E-state index contributed by atoms with van der Waals surface area (Å²) in [4.78, 5) is 16.3. The average Bonchev–Trinajstić information content (AvgIpc) is 3.62. The molecule has 1 amide bonds. The second-order valence-corrected chi connectivity index (χ2v) is 10.2. The number of carbonyl (C=O) groups is 1. The highest BCUT2D eigenvalue weighted by atomic mass is 16.3. The second kappa shape index (κ2) is 9.49. The summed E-state index contributed by atoms with van der Waals surface area (Å²) in [7, 11) is 0. The van der Waals surface area contributed by atoms with E-state index in [9.17, 15) is 9.90 Å². The predicted molar refractivity (Wildman–Crippen MR) is 154 cm³/mol. The van der Waals surface area contributed by atoms with E-state index in [1.54, 1.807) is 18.2 Å². The van der Waals surface area contributed by atoms with Gasteiger partial charge >= 0.3 is 0 Å². The fraction of sp³-hybridized carbons (Fsp3) is 0.121. The third kappa shape index (κ3) is 4.25. The summed E-state index contributed by atoms with van der Waals surface area (Å²) in [5.41, 5.74) is 8.18. The van der Waals surface area contributed by atoms with Gasteiger partial charge < -0.3 is 25.3 Å². The highest BCUT2D eigenvalue weighted by Crippen LogP contribution is 2.38. The van der Waals surface area contributed by atoms with Crippen molar-refractivity contribution in [2.24, 2.45) is 0 Å². The SMILES string of the molecule is O=C1NC(c2c(CNCc3ccc4ccn(Cc5ccccc5)c4c3)[nH]c3ccccc23)c2cc(O)ccc21. The van der Waals surface area contributed by atoms with Gasteiger partial charge in [0.15, 0.2) is 0 Å². The number of amides is 1. The molecular weight excluding hydrogens is 484 g/mol. The van der Waals surface area contributed by atoms with Crippen molar-refractivity contribution in [3.05, 3.63) is 137 Å². The van der Waals surface area contributed by atoms with Crippen molar-refractivity contribution in [1.82, 2.24) is 20.2 Å². The number of H-pyrrole nitrogens is 1. The quantitative estimate of drug-likeness (QED) is 0.212. The Bertz CT molecular complexity index is 1830. The molecule has 6 heteroatoms. The van der Waals surface area contributed by atoms with E-state index >= 15 is 0 Å². The maximum atomic E-state index is 12.7. The Balaban J connectivity index is 1.15. The molecule has 1 unspecified atom stereocenters. The summed E-state index contributed by atoms with van der Waals surface area (Å²) >= 11 is 0. The zero-order valence-electron chi connectivity index (χ0n) is 21.3. The van der Waals surface area contributed by atoms with Crippen LogP contribution in [0.4, 0.5) is 0 Å². The molecule has 1 atom stereocenters. The van der Waals surface area contributed by atoms with E-state index in [4.69, 9.17) is 0 Å². The lowest BCUT2D eigenvalue weighted by molar-refractivity contribution is 0.0960. The first-order chi connectivity index (χ1) is 19.1. The molecule has 0 fully saturated rings. The van der Waals surface area contributed by atoms with E-state index in [-0.39, 0.29) is 17.7 Å². The number of aromatic nitrogens is 2. The molecule has 39 heavy (non-hydrogen) atoms. The first-order valence-electron chi connectivity index (χ1n) is 13.2. The first kappa shape index (κ1) is 23.3. The number of aromatic amines is 1. The minimum Gasteiger partial charge on any atom is -0.508 e. The minimum absolute atomic E-state index is 0.119. The van der Waals surface area contributed by atoms with Crippen LogP contribution in [0.3, 0.4) is 0 Å². The van der Waals surface area contributed by atoms with Crippen LogP contribution in [-0.4, -0.2) is 20.6 Å². The molecule has 192 valence electrons. The van der Waals surface area contributed by atoms with Gasteiger partial charge in [-0.1, -0.05) is 60.7 Å². The Morgan fingerprint density at radius 2 is 1.69 bits per heavy atom. The number of nitrogens with zero attached hydrogens (tertiary/aromatic N) is 1. The van der Waals surface area contributed by atoms with Crippen molar-refractivity contribution in [2.75, 3.05) is 0 Å². The van der Waals surface area contributed by atoms with Crippen molar-refractivity contribution >= 4 is 27.7 Å². The van der Waals surface area contributed by atoms with Gasteiger partial charge in [-0.2, -0.15) is 0 Å². The van der Waals surface area contributed by atoms with E-state index in [0.29, 0.717) is 18.7 Å². The number of phenols is 1. The monoisotopic (exact) mass is 512 g/mol. The van der Waals surface area contributed by atoms with Crippen molar-refractivity contribution in [3.63, 3.8) is 0 Å². The number of para-hydroxylation sites is 1. The second-order valence-electron chi connectivity index (χ2n) is 10.2. The highest BCUT2D eigenvalue weighted by molar-refractivity contribution is 6.01. The average molecular weight is 513 g/mol. The van der Waals surface area contributed by atoms with Gasteiger partial charge in [-0.3, -0.25) is 4.79 Å². The van der Waals surface area contributed by atoms with Crippen LogP contribution < -0.4 is 10.6 Å². The number of phenolic OH excluding ortho intramolecular Hbond substituents is 1. The van der Waals surface area contributed by atoms with Crippen LogP contribution in [0.2, 0.25) is 0 Å². The van der Waals surface area contributed by atoms with Crippen LogP contribution in [0.25, 0.3) is 21.8 Å². The molecule has 0 saturated heterocycles. The largest absolute Gasteiger partial charge is 0.508 e. The Morgan fingerprint density at radius 1 is 0.846 bits per heavy atom. The molecule has 4 aromatic carbocycles. The number of hydrogen-bond acceptors (Lipinski definition) is 3. The van der Waals surface area contributed by atoms with Gasteiger partial charge in [-0.25, -0.2) is 0 Å². The number of benzene rings is 4. The summed E-state index contributed by atoms with van der Waals surface area (Å²) in [6.45, 7) is 2.15. The zero-order chi connectivity index (χ0) is 26.3. The fourth-order valence-corrected chi connectivity index (χ4v) is 5.79. The maximum absolute atomic E-state index is 12.7. The molecule has 6 nitrogen and oxygen atoms in total. The van der Waals surface area contributed by atoms with Crippen LogP contribution >= 0.6 is 0 Å². The Kier molecular flexibility index (Phi) is 5.68. The number of aromatic hydroxyl groups is 1. The van der Waals surface area contributed by atoms with Crippen molar-refractivity contribution in [2.45, 2.75) is 25.7 Å². The Labute approximate surface area is 225 Å². The number of carbonyl (C=O) groups excluding carboxylic acids is 1. The van der Waals surface area contributed by atoms with E-state index in [1.807, 2.05) is 18.2 Å². The molecule has 0 aliphatic carbocycles. The van der Waals surface area contributed by atoms with Crippen LogP contribution in [0, 0.1) is 0 Å². The topological polar surface area (TPSA) is 82.1 Å². The number of hydrogen-bond donors (Lipinski definition) is 4. The lowest BCUT2D eigenvalue weighted by atomic mass is 9.95. The molecule has 3 heterocycles. The number of rotatable bonds is 7. The minimum atomic E-state index is -0.329. The summed E-state index contributed by atoms with van der Waals surface area (Å²) in [5, 5.41) is 19.2. The molecular formula is C33H28N4O2. The summed E-state index contributed by atoms with van der Waals surface area (Å²) < 4.78 is 2.29. The predicted octanol–water partition coefficient (Wildman–Crippen LogP) is 6.00.